The van der Waals surface area contributed by atoms with Crippen LogP contribution >= 0.6 is 0 Å². The number of hydrogen-bond donors (Lipinski definition) is 2. The molecule has 1 saturated carbocycles. The SMILES string of the molecule is CN(CC(C)(C)CN)C(=O)CCCNC(=O)C1CC1. The summed E-state index contributed by atoms with van der Waals surface area (Å²) in [4.78, 5) is 25.0. The molecular weight excluding hydrogens is 242 g/mol. The first-order valence-corrected chi connectivity index (χ1v) is 7.07. The lowest BCUT2D eigenvalue weighted by Gasteiger charge is -2.29. The fourth-order valence-corrected chi connectivity index (χ4v) is 1.93. The summed E-state index contributed by atoms with van der Waals surface area (Å²) in [5, 5.41) is 2.87. The molecule has 1 aliphatic carbocycles. The van der Waals surface area contributed by atoms with Gasteiger partial charge in [-0.2, -0.15) is 0 Å². The van der Waals surface area contributed by atoms with Gasteiger partial charge < -0.3 is 16.0 Å². The molecule has 5 nitrogen and oxygen atoms in total. The third kappa shape index (κ3) is 6.05. The molecule has 2 amide bonds. The van der Waals surface area contributed by atoms with E-state index < -0.39 is 0 Å². The molecule has 1 fully saturated rings. The summed E-state index contributed by atoms with van der Waals surface area (Å²) in [5.41, 5.74) is 5.61. The van der Waals surface area contributed by atoms with Gasteiger partial charge in [0.2, 0.25) is 11.8 Å². The first-order valence-electron chi connectivity index (χ1n) is 7.07. The zero-order chi connectivity index (χ0) is 14.5. The van der Waals surface area contributed by atoms with Gasteiger partial charge in [-0.05, 0) is 31.2 Å². The molecule has 0 radical (unpaired) electrons. The minimum atomic E-state index is -0.0510. The topological polar surface area (TPSA) is 75.4 Å². The third-order valence-electron chi connectivity index (χ3n) is 3.46. The second-order valence-electron chi connectivity index (χ2n) is 6.29. The third-order valence-corrected chi connectivity index (χ3v) is 3.46. The molecule has 0 unspecified atom stereocenters. The molecule has 0 aromatic rings. The molecule has 0 aliphatic heterocycles. The van der Waals surface area contributed by atoms with Gasteiger partial charge in [0, 0.05) is 32.5 Å². The number of amides is 2. The molecule has 110 valence electrons. The van der Waals surface area contributed by atoms with E-state index in [9.17, 15) is 9.59 Å². The summed E-state index contributed by atoms with van der Waals surface area (Å²) < 4.78 is 0. The summed E-state index contributed by atoms with van der Waals surface area (Å²) in [6, 6.07) is 0. The molecule has 3 N–H and O–H groups in total. The van der Waals surface area contributed by atoms with E-state index in [-0.39, 0.29) is 23.1 Å². The van der Waals surface area contributed by atoms with Crippen molar-refractivity contribution in [1.29, 1.82) is 0 Å². The van der Waals surface area contributed by atoms with Crippen molar-refractivity contribution < 1.29 is 9.59 Å². The van der Waals surface area contributed by atoms with Crippen LogP contribution in [0.1, 0.15) is 39.5 Å². The molecule has 1 rings (SSSR count). The Balaban J connectivity index is 2.13. The van der Waals surface area contributed by atoms with Crippen molar-refractivity contribution in [3.8, 4) is 0 Å². The number of hydrogen-bond acceptors (Lipinski definition) is 3. The van der Waals surface area contributed by atoms with Crippen LogP contribution in [0.4, 0.5) is 0 Å². The Bertz CT molecular complexity index is 325. The molecule has 1 aliphatic rings. The lowest BCUT2D eigenvalue weighted by atomic mass is 9.93. The van der Waals surface area contributed by atoms with Gasteiger partial charge in [-0.1, -0.05) is 13.8 Å². The minimum absolute atomic E-state index is 0.0510. The van der Waals surface area contributed by atoms with Crippen LogP contribution < -0.4 is 11.1 Å². The highest BCUT2D eigenvalue weighted by atomic mass is 16.2. The van der Waals surface area contributed by atoms with Gasteiger partial charge in [-0.25, -0.2) is 0 Å². The van der Waals surface area contributed by atoms with Crippen LogP contribution in [0.25, 0.3) is 0 Å². The molecule has 0 aromatic heterocycles. The summed E-state index contributed by atoms with van der Waals surface area (Å²) in [5.74, 6) is 0.496. The second kappa shape index (κ2) is 6.89. The van der Waals surface area contributed by atoms with Crippen molar-refractivity contribution in [3.05, 3.63) is 0 Å². The van der Waals surface area contributed by atoms with E-state index in [2.05, 4.69) is 5.32 Å². The lowest BCUT2D eigenvalue weighted by Crippen LogP contribution is -2.40. The predicted octanol–water partition coefficient (Wildman–Crippen LogP) is 0.736. The Morgan fingerprint density at radius 3 is 2.53 bits per heavy atom. The van der Waals surface area contributed by atoms with Gasteiger partial charge in [0.25, 0.3) is 0 Å². The van der Waals surface area contributed by atoms with Crippen molar-refractivity contribution >= 4 is 11.8 Å². The standard InChI is InChI=1S/C14H27N3O2/c1-14(2,9-15)10-17(3)12(18)5-4-8-16-13(19)11-6-7-11/h11H,4-10,15H2,1-3H3,(H,16,19). The van der Waals surface area contributed by atoms with Crippen LogP contribution in [-0.4, -0.2) is 43.4 Å². The highest BCUT2D eigenvalue weighted by Gasteiger charge is 2.29. The van der Waals surface area contributed by atoms with E-state index in [4.69, 9.17) is 5.73 Å². The monoisotopic (exact) mass is 269 g/mol. The molecule has 0 spiro atoms. The zero-order valence-corrected chi connectivity index (χ0v) is 12.4. The minimum Gasteiger partial charge on any atom is -0.356 e. The number of nitrogens with one attached hydrogen (secondary N) is 1. The molecule has 0 aromatic carbocycles. The van der Waals surface area contributed by atoms with Crippen molar-refractivity contribution in [3.63, 3.8) is 0 Å². The molecule has 5 heteroatoms. The average molecular weight is 269 g/mol. The summed E-state index contributed by atoms with van der Waals surface area (Å²) in [6.45, 7) is 5.91. The van der Waals surface area contributed by atoms with Gasteiger partial charge in [-0.15, -0.1) is 0 Å². The van der Waals surface area contributed by atoms with Crippen LogP contribution in [0.2, 0.25) is 0 Å². The second-order valence-corrected chi connectivity index (χ2v) is 6.29. The van der Waals surface area contributed by atoms with Crippen LogP contribution in [-0.2, 0) is 9.59 Å². The van der Waals surface area contributed by atoms with Crippen LogP contribution in [0.15, 0.2) is 0 Å². The van der Waals surface area contributed by atoms with Gasteiger partial charge in [0.1, 0.15) is 0 Å². The summed E-state index contributed by atoms with van der Waals surface area (Å²) in [6.07, 6.45) is 3.20. The smallest absolute Gasteiger partial charge is 0.223 e. The van der Waals surface area contributed by atoms with Crippen molar-refractivity contribution in [2.24, 2.45) is 17.1 Å². The Morgan fingerprint density at radius 1 is 1.37 bits per heavy atom. The molecule has 0 heterocycles. The van der Waals surface area contributed by atoms with Gasteiger partial charge in [0.05, 0.1) is 0 Å². The van der Waals surface area contributed by atoms with E-state index in [0.29, 0.717) is 32.5 Å². The first-order chi connectivity index (χ1) is 8.85. The predicted molar refractivity (Wildman–Crippen MR) is 75.4 cm³/mol. The van der Waals surface area contributed by atoms with E-state index in [1.165, 1.54) is 0 Å². The highest BCUT2D eigenvalue weighted by molar-refractivity contribution is 5.81. The van der Waals surface area contributed by atoms with Crippen LogP contribution in [0.5, 0.6) is 0 Å². The summed E-state index contributed by atoms with van der Waals surface area (Å²) in [7, 11) is 1.81. The quantitative estimate of drug-likeness (QED) is 0.638. The number of nitrogens with two attached hydrogens (primary N) is 1. The number of carbonyl (C=O) groups excluding carboxylic acids is 2. The van der Waals surface area contributed by atoms with Gasteiger partial charge >= 0.3 is 0 Å². The van der Waals surface area contributed by atoms with E-state index in [1.54, 1.807) is 4.90 Å². The molecule has 0 saturated heterocycles. The first kappa shape index (κ1) is 16.0. The maximum Gasteiger partial charge on any atom is 0.223 e. The normalized spacial score (nSPS) is 15.2. The fraction of sp³-hybridized carbons (Fsp3) is 0.857. The van der Waals surface area contributed by atoms with Gasteiger partial charge in [-0.3, -0.25) is 9.59 Å². The largest absolute Gasteiger partial charge is 0.356 e. The highest BCUT2D eigenvalue weighted by Crippen LogP contribution is 2.28. The molecule has 0 atom stereocenters. The number of carbonyl (C=O) groups is 2. The van der Waals surface area contributed by atoms with Crippen LogP contribution in [0, 0.1) is 11.3 Å². The van der Waals surface area contributed by atoms with Gasteiger partial charge in [0.15, 0.2) is 0 Å². The molecule has 19 heavy (non-hydrogen) atoms. The molecule has 0 bridgehead atoms. The Hall–Kier alpha value is -1.10. The lowest BCUT2D eigenvalue weighted by molar-refractivity contribution is -0.131. The molecular formula is C14H27N3O2. The van der Waals surface area contributed by atoms with E-state index >= 15 is 0 Å². The van der Waals surface area contributed by atoms with E-state index in [1.807, 2.05) is 20.9 Å². The van der Waals surface area contributed by atoms with Crippen molar-refractivity contribution in [2.75, 3.05) is 26.7 Å². The Labute approximate surface area is 115 Å². The zero-order valence-electron chi connectivity index (χ0n) is 12.4. The number of nitrogens with zero attached hydrogens (tertiary/aromatic N) is 1. The maximum absolute atomic E-state index is 11.9. The Morgan fingerprint density at radius 2 is 2.00 bits per heavy atom. The Kier molecular flexibility index (Phi) is 5.79. The van der Waals surface area contributed by atoms with Crippen LogP contribution in [0.3, 0.4) is 0 Å². The summed E-state index contributed by atoms with van der Waals surface area (Å²) >= 11 is 0. The number of rotatable bonds is 8. The van der Waals surface area contributed by atoms with Crippen molar-refractivity contribution in [1.82, 2.24) is 10.2 Å². The average Bonchev–Trinajstić information content (AvgIpc) is 3.17. The van der Waals surface area contributed by atoms with Crippen molar-refractivity contribution in [2.45, 2.75) is 39.5 Å². The van der Waals surface area contributed by atoms with E-state index in [0.717, 1.165) is 12.8 Å². The maximum atomic E-state index is 11.9. The fourth-order valence-electron chi connectivity index (χ4n) is 1.93.